The highest BCUT2D eigenvalue weighted by molar-refractivity contribution is 6.01. The molecule has 1 heterocycles. The van der Waals surface area contributed by atoms with Crippen LogP contribution < -0.4 is 5.32 Å². The summed E-state index contributed by atoms with van der Waals surface area (Å²) in [5.74, 6) is -0.184. The van der Waals surface area contributed by atoms with Crippen LogP contribution in [0.2, 0.25) is 0 Å². The molecule has 3 aromatic rings. The average Bonchev–Trinajstić information content (AvgIpc) is 2.91. The minimum Gasteiger partial charge on any atom is -0.396 e. The molecule has 0 unspecified atom stereocenters. The van der Waals surface area contributed by atoms with Gasteiger partial charge in [-0.15, -0.1) is 0 Å². The molecule has 1 aromatic heterocycles. The number of carbonyl (C=O) groups excluding carboxylic acids is 1. The second-order valence-corrected chi connectivity index (χ2v) is 5.27. The number of aromatic nitrogens is 1. The van der Waals surface area contributed by atoms with Crippen LogP contribution in [0.15, 0.2) is 54.7 Å². The van der Waals surface area contributed by atoms with Crippen LogP contribution >= 0.6 is 0 Å². The van der Waals surface area contributed by atoms with Gasteiger partial charge in [0.25, 0.3) is 0 Å². The Balaban J connectivity index is 1.81. The number of fused-ring (bicyclic) bond motifs is 1. The van der Waals surface area contributed by atoms with Crippen molar-refractivity contribution in [3.63, 3.8) is 0 Å². The summed E-state index contributed by atoms with van der Waals surface area (Å²) in [5.41, 5.74) is 4.23. The number of aliphatic hydroxyl groups is 1. The van der Waals surface area contributed by atoms with E-state index in [4.69, 9.17) is 5.11 Å². The SMILES string of the molecule is O=C(CCO)Nc1c[nH]c2cc(Cc3ccccc3)ccc12. The molecule has 1 amide bonds. The first kappa shape index (κ1) is 14.4. The minimum absolute atomic E-state index is 0.110. The molecule has 0 aliphatic rings. The smallest absolute Gasteiger partial charge is 0.226 e. The molecular weight excluding hydrogens is 276 g/mol. The third kappa shape index (κ3) is 3.18. The molecule has 0 atom stereocenters. The average molecular weight is 294 g/mol. The molecule has 0 saturated carbocycles. The Kier molecular flexibility index (Phi) is 4.21. The van der Waals surface area contributed by atoms with E-state index < -0.39 is 0 Å². The van der Waals surface area contributed by atoms with E-state index in [1.807, 2.05) is 24.3 Å². The van der Waals surface area contributed by atoms with Crippen molar-refractivity contribution < 1.29 is 9.90 Å². The summed E-state index contributed by atoms with van der Waals surface area (Å²) >= 11 is 0. The van der Waals surface area contributed by atoms with E-state index in [-0.39, 0.29) is 18.9 Å². The molecule has 22 heavy (non-hydrogen) atoms. The van der Waals surface area contributed by atoms with Crippen molar-refractivity contribution in [2.75, 3.05) is 11.9 Å². The van der Waals surface area contributed by atoms with Gasteiger partial charge in [-0.2, -0.15) is 0 Å². The zero-order valence-corrected chi connectivity index (χ0v) is 12.2. The fraction of sp³-hybridized carbons (Fsp3) is 0.167. The van der Waals surface area contributed by atoms with E-state index >= 15 is 0 Å². The molecule has 112 valence electrons. The molecule has 0 saturated heterocycles. The van der Waals surface area contributed by atoms with Gasteiger partial charge in [-0.3, -0.25) is 4.79 Å². The number of aromatic amines is 1. The molecule has 3 rings (SSSR count). The first-order valence-corrected chi connectivity index (χ1v) is 7.31. The van der Waals surface area contributed by atoms with Crippen molar-refractivity contribution in [3.05, 3.63) is 65.9 Å². The van der Waals surface area contributed by atoms with Crippen LogP contribution in [-0.4, -0.2) is 22.6 Å². The second-order valence-electron chi connectivity index (χ2n) is 5.27. The fourth-order valence-electron chi connectivity index (χ4n) is 2.53. The number of rotatable bonds is 5. The van der Waals surface area contributed by atoms with Gasteiger partial charge in [-0.25, -0.2) is 0 Å². The van der Waals surface area contributed by atoms with Crippen LogP contribution in [0.25, 0.3) is 10.9 Å². The van der Waals surface area contributed by atoms with Crippen molar-refractivity contribution in [1.82, 2.24) is 4.98 Å². The molecular formula is C18H18N2O2. The summed E-state index contributed by atoms with van der Waals surface area (Å²) in [6.45, 7) is -0.143. The lowest BCUT2D eigenvalue weighted by molar-refractivity contribution is -0.116. The van der Waals surface area contributed by atoms with Gasteiger partial charge in [-0.05, 0) is 23.6 Å². The molecule has 0 aliphatic carbocycles. The number of benzene rings is 2. The molecule has 4 heteroatoms. The number of aliphatic hydroxyl groups excluding tert-OH is 1. The third-order valence-electron chi connectivity index (χ3n) is 3.61. The van der Waals surface area contributed by atoms with Crippen molar-refractivity contribution in [3.8, 4) is 0 Å². The summed E-state index contributed by atoms with van der Waals surface area (Å²) < 4.78 is 0. The summed E-state index contributed by atoms with van der Waals surface area (Å²) in [5, 5.41) is 12.6. The Hall–Kier alpha value is -2.59. The van der Waals surface area contributed by atoms with E-state index in [2.05, 4.69) is 34.6 Å². The highest BCUT2D eigenvalue weighted by atomic mass is 16.3. The molecule has 0 bridgehead atoms. The van der Waals surface area contributed by atoms with Gasteiger partial charge in [0, 0.05) is 17.1 Å². The van der Waals surface area contributed by atoms with Crippen LogP contribution in [0.1, 0.15) is 17.5 Å². The fourth-order valence-corrected chi connectivity index (χ4v) is 2.53. The van der Waals surface area contributed by atoms with Crippen molar-refractivity contribution in [2.45, 2.75) is 12.8 Å². The van der Waals surface area contributed by atoms with Gasteiger partial charge in [0.15, 0.2) is 0 Å². The van der Waals surface area contributed by atoms with Gasteiger partial charge in [0.1, 0.15) is 0 Å². The maximum atomic E-state index is 11.6. The highest BCUT2D eigenvalue weighted by Crippen LogP contribution is 2.25. The largest absolute Gasteiger partial charge is 0.396 e. The summed E-state index contributed by atoms with van der Waals surface area (Å²) in [6, 6.07) is 16.5. The Morgan fingerprint density at radius 2 is 1.91 bits per heavy atom. The monoisotopic (exact) mass is 294 g/mol. The van der Waals surface area contributed by atoms with Crippen LogP contribution in [-0.2, 0) is 11.2 Å². The van der Waals surface area contributed by atoms with Gasteiger partial charge < -0.3 is 15.4 Å². The number of hydrogen-bond donors (Lipinski definition) is 3. The molecule has 3 N–H and O–H groups in total. The summed E-state index contributed by atoms with van der Waals surface area (Å²) in [6.07, 6.45) is 2.77. The van der Waals surface area contributed by atoms with Crippen molar-refractivity contribution in [1.29, 1.82) is 0 Å². The standard InChI is InChI=1S/C18H18N2O2/c21-9-8-18(22)20-17-12-19-16-11-14(6-7-15(16)17)10-13-4-2-1-3-5-13/h1-7,11-12,19,21H,8-10H2,(H,20,22). The molecule has 0 spiro atoms. The molecule has 2 aromatic carbocycles. The lowest BCUT2D eigenvalue weighted by atomic mass is 10.0. The van der Waals surface area contributed by atoms with Crippen molar-refractivity contribution in [2.24, 2.45) is 0 Å². The molecule has 4 nitrogen and oxygen atoms in total. The van der Waals surface area contributed by atoms with E-state index in [0.717, 1.165) is 23.0 Å². The van der Waals surface area contributed by atoms with Crippen LogP contribution in [0.3, 0.4) is 0 Å². The lowest BCUT2D eigenvalue weighted by Crippen LogP contribution is -2.12. The first-order valence-electron chi connectivity index (χ1n) is 7.31. The van der Waals surface area contributed by atoms with Gasteiger partial charge in [0.05, 0.1) is 18.7 Å². The van der Waals surface area contributed by atoms with E-state index in [1.165, 1.54) is 11.1 Å². The lowest BCUT2D eigenvalue weighted by Gasteiger charge is -2.04. The maximum Gasteiger partial charge on any atom is 0.226 e. The second kappa shape index (κ2) is 6.45. The van der Waals surface area contributed by atoms with Crippen LogP contribution in [0.4, 0.5) is 5.69 Å². The zero-order valence-electron chi connectivity index (χ0n) is 12.2. The Morgan fingerprint density at radius 1 is 1.09 bits per heavy atom. The first-order chi connectivity index (χ1) is 10.8. The number of amides is 1. The summed E-state index contributed by atoms with van der Waals surface area (Å²) in [7, 11) is 0. The predicted molar refractivity (Wildman–Crippen MR) is 87.9 cm³/mol. The van der Waals surface area contributed by atoms with Gasteiger partial charge in [0.2, 0.25) is 5.91 Å². The minimum atomic E-state index is -0.184. The number of nitrogens with one attached hydrogen (secondary N) is 2. The van der Waals surface area contributed by atoms with E-state index in [0.29, 0.717) is 0 Å². The molecule has 0 fully saturated rings. The van der Waals surface area contributed by atoms with Gasteiger partial charge in [-0.1, -0.05) is 42.5 Å². The highest BCUT2D eigenvalue weighted by Gasteiger charge is 2.08. The van der Waals surface area contributed by atoms with Gasteiger partial charge >= 0.3 is 0 Å². The van der Waals surface area contributed by atoms with Crippen LogP contribution in [0, 0.1) is 0 Å². The Bertz CT molecular complexity index is 778. The zero-order chi connectivity index (χ0) is 15.4. The molecule has 0 aliphatic heterocycles. The van der Waals surface area contributed by atoms with E-state index in [1.54, 1.807) is 6.20 Å². The van der Waals surface area contributed by atoms with E-state index in [9.17, 15) is 4.79 Å². The number of H-pyrrole nitrogens is 1. The predicted octanol–water partition coefficient (Wildman–Crippen LogP) is 3.08. The number of hydrogen-bond acceptors (Lipinski definition) is 2. The normalized spacial score (nSPS) is 10.8. The topological polar surface area (TPSA) is 65.1 Å². The summed E-state index contributed by atoms with van der Waals surface area (Å²) in [4.78, 5) is 14.8. The Labute approximate surface area is 128 Å². The number of carbonyl (C=O) groups is 1. The van der Waals surface area contributed by atoms with Crippen LogP contribution in [0.5, 0.6) is 0 Å². The Morgan fingerprint density at radius 3 is 2.68 bits per heavy atom. The third-order valence-corrected chi connectivity index (χ3v) is 3.61. The molecule has 0 radical (unpaired) electrons. The quantitative estimate of drug-likeness (QED) is 0.677. The maximum absolute atomic E-state index is 11.6. The van der Waals surface area contributed by atoms with Crippen molar-refractivity contribution >= 4 is 22.5 Å². The number of anilines is 1.